The quantitative estimate of drug-likeness (QED) is 0.909. The standard InChI is InChI=1S/C17H24FNO3/c1-17(2,3)22-16(21)19-10-8-12(9-11-19)15(20)13-6-4-5-7-14(13)18/h4-7,12,15,20H,8-11H2,1-3H3. The summed E-state index contributed by atoms with van der Waals surface area (Å²) in [6.45, 7) is 6.54. The zero-order valence-electron chi connectivity index (χ0n) is 13.4. The van der Waals surface area contributed by atoms with Crippen molar-refractivity contribution in [1.82, 2.24) is 4.90 Å². The van der Waals surface area contributed by atoms with Crippen LogP contribution < -0.4 is 0 Å². The van der Waals surface area contributed by atoms with Gasteiger partial charge in [-0.25, -0.2) is 9.18 Å². The topological polar surface area (TPSA) is 49.8 Å². The molecule has 1 amide bonds. The number of ether oxygens (including phenoxy) is 1. The van der Waals surface area contributed by atoms with Crippen molar-refractivity contribution < 1.29 is 19.0 Å². The van der Waals surface area contributed by atoms with Crippen LogP contribution in [0.3, 0.4) is 0 Å². The van der Waals surface area contributed by atoms with E-state index in [-0.39, 0.29) is 17.8 Å². The number of nitrogens with zero attached hydrogens (tertiary/aromatic N) is 1. The first-order valence-corrected chi connectivity index (χ1v) is 7.68. The number of benzene rings is 1. The van der Waals surface area contributed by atoms with E-state index in [1.165, 1.54) is 6.07 Å². The summed E-state index contributed by atoms with van der Waals surface area (Å²) in [5.74, 6) is -0.430. The highest BCUT2D eigenvalue weighted by molar-refractivity contribution is 5.68. The Morgan fingerprint density at radius 2 is 1.91 bits per heavy atom. The number of carbonyl (C=O) groups excluding carboxylic acids is 1. The maximum Gasteiger partial charge on any atom is 0.410 e. The van der Waals surface area contributed by atoms with Gasteiger partial charge in [-0.05, 0) is 45.6 Å². The van der Waals surface area contributed by atoms with Crippen LogP contribution in [0.5, 0.6) is 0 Å². The van der Waals surface area contributed by atoms with Gasteiger partial charge < -0.3 is 14.7 Å². The number of amides is 1. The number of aliphatic hydroxyl groups is 1. The summed E-state index contributed by atoms with van der Waals surface area (Å²) < 4.78 is 19.1. The fraction of sp³-hybridized carbons (Fsp3) is 0.588. The van der Waals surface area contributed by atoms with Gasteiger partial charge in [0.1, 0.15) is 11.4 Å². The van der Waals surface area contributed by atoms with Gasteiger partial charge in [-0.1, -0.05) is 18.2 Å². The molecule has 1 fully saturated rings. The van der Waals surface area contributed by atoms with Crippen LogP contribution in [-0.2, 0) is 4.74 Å². The minimum Gasteiger partial charge on any atom is -0.444 e. The van der Waals surface area contributed by atoms with Crippen LogP contribution in [0.2, 0.25) is 0 Å². The van der Waals surface area contributed by atoms with Crippen LogP contribution in [0.15, 0.2) is 24.3 Å². The number of carbonyl (C=O) groups is 1. The van der Waals surface area contributed by atoms with Crippen LogP contribution in [0.1, 0.15) is 45.3 Å². The SMILES string of the molecule is CC(C)(C)OC(=O)N1CCC(C(O)c2ccccc2F)CC1. The molecule has 0 aliphatic carbocycles. The van der Waals surface area contributed by atoms with Crippen molar-refractivity contribution >= 4 is 6.09 Å². The van der Waals surface area contributed by atoms with Gasteiger partial charge in [0.2, 0.25) is 0 Å². The molecule has 0 spiro atoms. The minimum atomic E-state index is -0.831. The van der Waals surface area contributed by atoms with E-state index in [2.05, 4.69) is 0 Å². The van der Waals surface area contributed by atoms with Gasteiger partial charge in [0.25, 0.3) is 0 Å². The van der Waals surface area contributed by atoms with Crippen molar-refractivity contribution in [1.29, 1.82) is 0 Å². The third-order valence-corrected chi connectivity index (χ3v) is 3.86. The molecule has 0 aromatic heterocycles. The Morgan fingerprint density at radius 3 is 2.45 bits per heavy atom. The Morgan fingerprint density at radius 1 is 1.32 bits per heavy atom. The number of likely N-dealkylation sites (tertiary alicyclic amines) is 1. The molecule has 1 N–H and O–H groups in total. The maximum atomic E-state index is 13.7. The highest BCUT2D eigenvalue weighted by Gasteiger charge is 2.31. The predicted molar refractivity (Wildman–Crippen MR) is 81.9 cm³/mol. The lowest BCUT2D eigenvalue weighted by molar-refractivity contribution is 0.00722. The molecule has 122 valence electrons. The summed E-state index contributed by atoms with van der Waals surface area (Å²) in [4.78, 5) is 13.6. The number of piperidine rings is 1. The summed E-state index contributed by atoms with van der Waals surface area (Å²) in [7, 11) is 0. The first-order chi connectivity index (χ1) is 10.3. The van der Waals surface area contributed by atoms with Gasteiger partial charge >= 0.3 is 6.09 Å². The molecule has 1 saturated heterocycles. The number of aliphatic hydroxyl groups excluding tert-OH is 1. The molecular weight excluding hydrogens is 285 g/mol. The number of rotatable bonds is 2. The molecule has 0 bridgehead atoms. The van der Waals surface area contributed by atoms with Crippen LogP contribution in [-0.4, -0.2) is 34.8 Å². The highest BCUT2D eigenvalue weighted by Crippen LogP contribution is 2.32. The summed E-state index contributed by atoms with van der Waals surface area (Å²) >= 11 is 0. The van der Waals surface area contributed by atoms with Crippen LogP contribution in [0.25, 0.3) is 0 Å². The Bertz CT molecular complexity index is 519. The molecule has 22 heavy (non-hydrogen) atoms. The monoisotopic (exact) mass is 309 g/mol. The summed E-state index contributed by atoms with van der Waals surface area (Å²) in [5, 5.41) is 10.4. The van der Waals surface area contributed by atoms with Crippen LogP contribution in [0, 0.1) is 11.7 Å². The first-order valence-electron chi connectivity index (χ1n) is 7.68. The molecule has 2 rings (SSSR count). The minimum absolute atomic E-state index is 0.0458. The van der Waals surface area contributed by atoms with E-state index in [0.29, 0.717) is 31.5 Å². The Hall–Kier alpha value is -1.62. The molecule has 1 atom stereocenters. The van der Waals surface area contributed by atoms with Crippen molar-refractivity contribution in [3.63, 3.8) is 0 Å². The van der Waals surface area contributed by atoms with E-state index in [0.717, 1.165) is 0 Å². The van der Waals surface area contributed by atoms with Crippen molar-refractivity contribution in [2.45, 2.75) is 45.3 Å². The zero-order valence-corrected chi connectivity index (χ0v) is 13.4. The second-order valence-corrected chi connectivity index (χ2v) is 6.77. The summed E-state index contributed by atoms with van der Waals surface area (Å²) in [6, 6.07) is 6.29. The van der Waals surface area contributed by atoms with Crippen molar-refractivity contribution in [3.05, 3.63) is 35.6 Å². The average molecular weight is 309 g/mol. The third kappa shape index (κ3) is 4.19. The van der Waals surface area contributed by atoms with Gasteiger partial charge in [-0.2, -0.15) is 0 Å². The second-order valence-electron chi connectivity index (χ2n) is 6.77. The molecule has 4 nitrogen and oxygen atoms in total. The van der Waals surface area contributed by atoms with Gasteiger partial charge in [0, 0.05) is 18.7 Å². The van der Waals surface area contributed by atoms with Crippen LogP contribution in [0.4, 0.5) is 9.18 Å². The van der Waals surface area contributed by atoms with Gasteiger partial charge in [0.15, 0.2) is 0 Å². The zero-order chi connectivity index (χ0) is 16.3. The molecule has 0 saturated carbocycles. The number of halogens is 1. The molecule has 1 aromatic carbocycles. The van der Waals surface area contributed by atoms with Crippen LogP contribution >= 0.6 is 0 Å². The molecule has 1 heterocycles. The smallest absolute Gasteiger partial charge is 0.410 e. The molecular formula is C17H24FNO3. The van der Waals surface area contributed by atoms with E-state index in [1.807, 2.05) is 20.8 Å². The Kier molecular flexibility index (Phi) is 5.06. The summed E-state index contributed by atoms with van der Waals surface area (Å²) in [6.07, 6.45) is 0.108. The van der Waals surface area contributed by atoms with Crippen molar-refractivity contribution in [2.75, 3.05) is 13.1 Å². The molecule has 1 aliphatic heterocycles. The summed E-state index contributed by atoms with van der Waals surface area (Å²) in [5.41, 5.74) is -0.182. The number of hydrogen-bond acceptors (Lipinski definition) is 3. The highest BCUT2D eigenvalue weighted by atomic mass is 19.1. The van der Waals surface area contributed by atoms with Gasteiger partial charge in [-0.3, -0.25) is 0 Å². The Balaban J connectivity index is 1.92. The van der Waals surface area contributed by atoms with Crippen molar-refractivity contribution in [3.8, 4) is 0 Å². The van der Waals surface area contributed by atoms with E-state index in [9.17, 15) is 14.3 Å². The second kappa shape index (κ2) is 6.65. The van der Waals surface area contributed by atoms with Crippen molar-refractivity contribution in [2.24, 2.45) is 5.92 Å². The largest absolute Gasteiger partial charge is 0.444 e. The fourth-order valence-electron chi connectivity index (χ4n) is 2.69. The van der Waals surface area contributed by atoms with E-state index >= 15 is 0 Å². The third-order valence-electron chi connectivity index (χ3n) is 3.86. The maximum absolute atomic E-state index is 13.7. The van der Waals surface area contributed by atoms with Gasteiger partial charge in [0.05, 0.1) is 6.10 Å². The Labute approximate surface area is 130 Å². The van der Waals surface area contributed by atoms with Gasteiger partial charge in [-0.15, -0.1) is 0 Å². The van der Waals surface area contributed by atoms with E-state index < -0.39 is 11.7 Å². The molecule has 1 unspecified atom stereocenters. The van der Waals surface area contributed by atoms with E-state index in [1.54, 1.807) is 23.1 Å². The predicted octanol–water partition coefficient (Wildman–Crippen LogP) is 3.51. The molecule has 0 radical (unpaired) electrons. The lowest BCUT2D eigenvalue weighted by Crippen LogP contribution is -2.42. The lowest BCUT2D eigenvalue weighted by atomic mass is 9.87. The first kappa shape index (κ1) is 16.7. The average Bonchev–Trinajstić information content (AvgIpc) is 2.45. The lowest BCUT2D eigenvalue weighted by Gasteiger charge is -2.35. The van der Waals surface area contributed by atoms with E-state index in [4.69, 9.17) is 4.74 Å². The number of hydrogen-bond donors (Lipinski definition) is 1. The normalized spacial score (nSPS) is 18.1. The molecule has 5 heteroatoms. The molecule has 1 aromatic rings. The molecule has 1 aliphatic rings. The fourth-order valence-corrected chi connectivity index (χ4v) is 2.69.